The van der Waals surface area contributed by atoms with Crippen LogP contribution in [0.25, 0.3) is 0 Å². The van der Waals surface area contributed by atoms with Gasteiger partial charge in [-0.25, -0.2) is 0 Å². The highest BCUT2D eigenvalue weighted by molar-refractivity contribution is 5.41. The van der Waals surface area contributed by atoms with E-state index in [1.54, 1.807) is 0 Å². The normalized spacial score (nSPS) is 20.4. The zero-order chi connectivity index (χ0) is 14.4. The van der Waals surface area contributed by atoms with Crippen LogP contribution in [0, 0.1) is 11.8 Å². The van der Waals surface area contributed by atoms with Crippen molar-refractivity contribution in [3.8, 4) is 11.8 Å². The second kappa shape index (κ2) is 7.44. The molecule has 1 saturated heterocycles. The molecule has 0 bridgehead atoms. The van der Waals surface area contributed by atoms with Crippen molar-refractivity contribution < 1.29 is 0 Å². The van der Waals surface area contributed by atoms with E-state index >= 15 is 0 Å². The SMILES string of the molecule is CCN1CCN(Cc2ccccc2C#CCN)CC1C. The minimum Gasteiger partial charge on any atom is -0.320 e. The monoisotopic (exact) mass is 271 g/mol. The molecule has 2 N–H and O–H groups in total. The van der Waals surface area contributed by atoms with E-state index in [0.29, 0.717) is 12.6 Å². The summed E-state index contributed by atoms with van der Waals surface area (Å²) in [6, 6.07) is 9.04. The molecule has 108 valence electrons. The zero-order valence-electron chi connectivity index (χ0n) is 12.6. The van der Waals surface area contributed by atoms with Gasteiger partial charge in [-0.2, -0.15) is 0 Å². The predicted molar refractivity (Wildman–Crippen MR) is 84.4 cm³/mol. The van der Waals surface area contributed by atoms with Crippen molar-refractivity contribution >= 4 is 0 Å². The Morgan fingerprint density at radius 3 is 2.80 bits per heavy atom. The first-order chi connectivity index (χ1) is 9.74. The summed E-state index contributed by atoms with van der Waals surface area (Å²) in [4.78, 5) is 5.07. The minimum atomic E-state index is 0.417. The van der Waals surface area contributed by atoms with E-state index in [2.05, 4.69) is 53.7 Å². The second-order valence-electron chi connectivity index (χ2n) is 5.38. The van der Waals surface area contributed by atoms with Crippen LogP contribution in [0.3, 0.4) is 0 Å². The Bertz CT molecular complexity index is 486. The molecule has 0 saturated carbocycles. The molecule has 0 aromatic heterocycles. The average Bonchev–Trinajstić information content (AvgIpc) is 2.46. The lowest BCUT2D eigenvalue weighted by Crippen LogP contribution is -2.51. The molecule has 0 radical (unpaired) electrons. The first-order valence-corrected chi connectivity index (χ1v) is 7.47. The number of nitrogens with zero attached hydrogens (tertiary/aromatic N) is 2. The molecular formula is C17H25N3. The quantitative estimate of drug-likeness (QED) is 0.846. The van der Waals surface area contributed by atoms with Crippen LogP contribution in [0.5, 0.6) is 0 Å². The lowest BCUT2D eigenvalue weighted by molar-refractivity contribution is 0.0834. The topological polar surface area (TPSA) is 32.5 Å². The van der Waals surface area contributed by atoms with Gasteiger partial charge in [-0.1, -0.05) is 37.0 Å². The molecule has 1 aliphatic rings. The molecule has 1 aromatic rings. The molecule has 1 aliphatic heterocycles. The van der Waals surface area contributed by atoms with Crippen molar-refractivity contribution in [1.82, 2.24) is 9.80 Å². The summed E-state index contributed by atoms with van der Waals surface area (Å²) in [6.45, 7) is 10.5. The van der Waals surface area contributed by atoms with Gasteiger partial charge in [0.25, 0.3) is 0 Å². The van der Waals surface area contributed by atoms with Crippen molar-refractivity contribution in [3.05, 3.63) is 35.4 Å². The van der Waals surface area contributed by atoms with Crippen LogP contribution in [0.15, 0.2) is 24.3 Å². The molecule has 3 nitrogen and oxygen atoms in total. The highest BCUT2D eigenvalue weighted by Gasteiger charge is 2.22. The van der Waals surface area contributed by atoms with E-state index in [9.17, 15) is 0 Å². The number of piperazine rings is 1. The van der Waals surface area contributed by atoms with Crippen molar-refractivity contribution in [2.75, 3.05) is 32.7 Å². The van der Waals surface area contributed by atoms with Crippen LogP contribution in [0.4, 0.5) is 0 Å². The third-order valence-electron chi connectivity index (χ3n) is 3.99. The summed E-state index contributed by atoms with van der Waals surface area (Å²) >= 11 is 0. The summed E-state index contributed by atoms with van der Waals surface area (Å²) in [5.74, 6) is 6.14. The van der Waals surface area contributed by atoms with Gasteiger partial charge in [0.2, 0.25) is 0 Å². The van der Waals surface area contributed by atoms with Crippen molar-refractivity contribution in [2.45, 2.75) is 26.4 Å². The minimum absolute atomic E-state index is 0.417. The summed E-state index contributed by atoms with van der Waals surface area (Å²) in [6.07, 6.45) is 0. The molecule has 20 heavy (non-hydrogen) atoms. The molecule has 0 amide bonds. The summed E-state index contributed by atoms with van der Waals surface area (Å²) in [5, 5.41) is 0. The molecule has 1 unspecified atom stereocenters. The Kier molecular flexibility index (Phi) is 5.60. The van der Waals surface area contributed by atoms with E-state index < -0.39 is 0 Å². The summed E-state index contributed by atoms with van der Waals surface area (Å²) < 4.78 is 0. The summed E-state index contributed by atoms with van der Waals surface area (Å²) in [7, 11) is 0. The van der Waals surface area contributed by atoms with Gasteiger partial charge in [-0.05, 0) is 25.1 Å². The van der Waals surface area contributed by atoms with Gasteiger partial charge < -0.3 is 5.73 Å². The smallest absolute Gasteiger partial charge is 0.0555 e. The third-order valence-corrected chi connectivity index (χ3v) is 3.99. The van der Waals surface area contributed by atoms with Gasteiger partial charge in [0.1, 0.15) is 0 Å². The molecule has 1 aromatic carbocycles. The molecule has 1 atom stereocenters. The zero-order valence-corrected chi connectivity index (χ0v) is 12.6. The number of hydrogen-bond acceptors (Lipinski definition) is 3. The molecule has 3 heteroatoms. The van der Waals surface area contributed by atoms with Crippen LogP contribution in [-0.2, 0) is 6.54 Å². The second-order valence-corrected chi connectivity index (χ2v) is 5.38. The Hall–Kier alpha value is -1.34. The maximum atomic E-state index is 5.47. The molecule has 0 spiro atoms. The Morgan fingerprint density at radius 2 is 2.10 bits per heavy atom. The Morgan fingerprint density at radius 1 is 1.30 bits per heavy atom. The number of hydrogen-bond donors (Lipinski definition) is 1. The number of benzene rings is 1. The van der Waals surface area contributed by atoms with Gasteiger partial charge in [0.05, 0.1) is 6.54 Å². The number of likely N-dealkylation sites (N-methyl/N-ethyl adjacent to an activating group) is 1. The van der Waals surface area contributed by atoms with Crippen molar-refractivity contribution in [2.24, 2.45) is 5.73 Å². The van der Waals surface area contributed by atoms with Crippen LogP contribution in [0.2, 0.25) is 0 Å². The van der Waals surface area contributed by atoms with Gasteiger partial charge in [-0.15, -0.1) is 0 Å². The van der Waals surface area contributed by atoms with Crippen LogP contribution in [-0.4, -0.2) is 48.6 Å². The fraction of sp³-hybridized carbons (Fsp3) is 0.529. The van der Waals surface area contributed by atoms with E-state index in [4.69, 9.17) is 5.73 Å². The van der Waals surface area contributed by atoms with E-state index in [0.717, 1.165) is 38.3 Å². The van der Waals surface area contributed by atoms with Crippen LogP contribution >= 0.6 is 0 Å². The molecule has 1 heterocycles. The molecular weight excluding hydrogens is 246 g/mol. The van der Waals surface area contributed by atoms with Crippen LogP contribution < -0.4 is 5.73 Å². The van der Waals surface area contributed by atoms with Gasteiger partial charge in [0, 0.05) is 37.8 Å². The average molecular weight is 271 g/mol. The Balaban J connectivity index is 2.04. The maximum absolute atomic E-state index is 5.47. The number of rotatable bonds is 3. The number of nitrogens with two attached hydrogens (primary N) is 1. The van der Waals surface area contributed by atoms with Gasteiger partial charge >= 0.3 is 0 Å². The summed E-state index contributed by atoms with van der Waals surface area (Å²) in [5.41, 5.74) is 7.90. The lowest BCUT2D eigenvalue weighted by atomic mass is 10.1. The molecule has 0 aliphatic carbocycles. The highest BCUT2D eigenvalue weighted by Crippen LogP contribution is 2.15. The van der Waals surface area contributed by atoms with Gasteiger partial charge in [-0.3, -0.25) is 9.80 Å². The van der Waals surface area contributed by atoms with Crippen molar-refractivity contribution in [3.63, 3.8) is 0 Å². The van der Waals surface area contributed by atoms with E-state index in [1.165, 1.54) is 5.56 Å². The lowest BCUT2D eigenvalue weighted by Gasteiger charge is -2.39. The Labute approximate surface area is 122 Å². The van der Waals surface area contributed by atoms with E-state index in [1.807, 2.05) is 6.07 Å². The largest absolute Gasteiger partial charge is 0.320 e. The maximum Gasteiger partial charge on any atom is 0.0555 e. The molecule has 1 fully saturated rings. The fourth-order valence-electron chi connectivity index (χ4n) is 2.85. The van der Waals surface area contributed by atoms with E-state index in [-0.39, 0.29) is 0 Å². The van der Waals surface area contributed by atoms with Gasteiger partial charge in [0.15, 0.2) is 0 Å². The first-order valence-electron chi connectivity index (χ1n) is 7.47. The third kappa shape index (κ3) is 3.83. The standard InChI is InChI=1S/C17H25N3/c1-3-20-12-11-19(13-15(20)2)14-17-8-5-4-7-16(17)9-6-10-18/h4-5,7-8,15H,3,10-14,18H2,1-2H3. The highest BCUT2D eigenvalue weighted by atomic mass is 15.3. The first kappa shape index (κ1) is 15.1. The van der Waals surface area contributed by atoms with Crippen molar-refractivity contribution in [1.29, 1.82) is 0 Å². The fourth-order valence-corrected chi connectivity index (χ4v) is 2.85. The van der Waals surface area contributed by atoms with Crippen LogP contribution in [0.1, 0.15) is 25.0 Å². The molecule has 2 rings (SSSR count). The predicted octanol–water partition coefficient (Wildman–Crippen LogP) is 1.52.